The highest BCUT2D eigenvalue weighted by Gasteiger charge is 2.08. The summed E-state index contributed by atoms with van der Waals surface area (Å²) in [6.45, 7) is 2.34. The van der Waals surface area contributed by atoms with Gasteiger partial charge in [-0.1, -0.05) is 60.2 Å². The van der Waals surface area contributed by atoms with Gasteiger partial charge in [0.15, 0.2) is 6.61 Å². The van der Waals surface area contributed by atoms with Gasteiger partial charge in [0.25, 0.3) is 5.91 Å². The number of hydrogen-bond donors (Lipinski definition) is 1. The maximum atomic E-state index is 11.7. The van der Waals surface area contributed by atoms with Gasteiger partial charge < -0.3 is 10.1 Å². The van der Waals surface area contributed by atoms with Gasteiger partial charge in [0.1, 0.15) is 0 Å². The van der Waals surface area contributed by atoms with Gasteiger partial charge in [0.2, 0.25) is 0 Å². The van der Waals surface area contributed by atoms with E-state index in [4.69, 9.17) is 4.74 Å². The number of hydrogen-bond acceptors (Lipinski definition) is 3. The fraction of sp³-hybridized carbons (Fsp3) is 0.300. The van der Waals surface area contributed by atoms with Crippen LogP contribution in [0.25, 0.3) is 0 Å². The zero-order valence-electron chi connectivity index (χ0n) is 14.0. The Kier molecular flexibility index (Phi) is 7.02. The second-order valence-corrected chi connectivity index (χ2v) is 5.76. The molecule has 0 aliphatic rings. The summed E-state index contributed by atoms with van der Waals surface area (Å²) in [5.41, 5.74) is 3.27. The van der Waals surface area contributed by atoms with Gasteiger partial charge in [0.05, 0.1) is 6.42 Å². The average molecular weight is 325 g/mol. The third-order valence-corrected chi connectivity index (χ3v) is 3.64. The summed E-state index contributed by atoms with van der Waals surface area (Å²) in [6.07, 6.45) is 1.95. The number of benzene rings is 2. The van der Waals surface area contributed by atoms with Crippen LogP contribution >= 0.6 is 0 Å². The first-order valence-corrected chi connectivity index (χ1v) is 8.15. The monoisotopic (exact) mass is 325 g/mol. The van der Waals surface area contributed by atoms with E-state index in [0.717, 1.165) is 24.0 Å². The van der Waals surface area contributed by atoms with E-state index >= 15 is 0 Å². The number of esters is 1. The fourth-order valence-corrected chi connectivity index (χ4v) is 2.29. The molecule has 0 saturated heterocycles. The zero-order chi connectivity index (χ0) is 17.2. The van der Waals surface area contributed by atoms with Crippen molar-refractivity contribution in [3.63, 3.8) is 0 Å². The number of rotatable bonds is 8. The predicted octanol–water partition coefficient (Wildman–Crippen LogP) is 2.83. The molecule has 0 fully saturated rings. The summed E-state index contributed by atoms with van der Waals surface area (Å²) in [5, 5.41) is 2.76. The van der Waals surface area contributed by atoms with E-state index in [1.54, 1.807) is 0 Å². The van der Waals surface area contributed by atoms with Crippen LogP contribution in [-0.4, -0.2) is 25.0 Å². The van der Waals surface area contributed by atoms with Crippen molar-refractivity contribution in [3.8, 4) is 0 Å². The summed E-state index contributed by atoms with van der Waals surface area (Å²) in [6, 6.07) is 17.8. The van der Waals surface area contributed by atoms with Gasteiger partial charge >= 0.3 is 5.97 Å². The Morgan fingerprint density at radius 3 is 2.38 bits per heavy atom. The number of ether oxygens (including phenoxy) is 1. The first-order chi connectivity index (χ1) is 11.6. The van der Waals surface area contributed by atoms with Crippen LogP contribution in [-0.2, 0) is 27.2 Å². The van der Waals surface area contributed by atoms with Crippen LogP contribution in [0.2, 0.25) is 0 Å². The third kappa shape index (κ3) is 6.65. The maximum absolute atomic E-state index is 11.7. The normalized spacial score (nSPS) is 10.2. The lowest BCUT2D eigenvalue weighted by Crippen LogP contribution is -2.30. The van der Waals surface area contributed by atoms with Crippen LogP contribution in [0.5, 0.6) is 0 Å². The Labute approximate surface area is 142 Å². The smallest absolute Gasteiger partial charge is 0.310 e. The number of amides is 1. The van der Waals surface area contributed by atoms with Crippen molar-refractivity contribution < 1.29 is 14.3 Å². The quantitative estimate of drug-likeness (QED) is 0.600. The summed E-state index contributed by atoms with van der Waals surface area (Å²) >= 11 is 0. The molecular weight excluding hydrogens is 302 g/mol. The lowest BCUT2D eigenvalue weighted by Gasteiger charge is -2.07. The minimum absolute atomic E-state index is 0.182. The fourth-order valence-electron chi connectivity index (χ4n) is 2.29. The van der Waals surface area contributed by atoms with Crippen molar-refractivity contribution in [3.05, 3.63) is 71.3 Å². The Balaban J connectivity index is 1.58. The molecular formula is C20H23NO3. The largest absolute Gasteiger partial charge is 0.455 e. The van der Waals surface area contributed by atoms with Gasteiger partial charge in [-0.2, -0.15) is 0 Å². The summed E-state index contributed by atoms with van der Waals surface area (Å²) in [5.74, 6) is -0.654. The lowest BCUT2D eigenvalue weighted by atomic mass is 10.1. The molecule has 0 heterocycles. The van der Waals surface area contributed by atoms with Crippen LogP contribution < -0.4 is 5.32 Å². The molecule has 0 aliphatic heterocycles. The molecule has 2 aromatic rings. The van der Waals surface area contributed by atoms with E-state index in [0.29, 0.717) is 6.54 Å². The van der Waals surface area contributed by atoms with E-state index in [2.05, 4.69) is 17.4 Å². The van der Waals surface area contributed by atoms with Crippen LogP contribution in [0.3, 0.4) is 0 Å². The molecule has 0 saturated carbocycles. The van der Waals surface area contributed by atoms with Crippen LogP contribution in [0.15, 0.2) is 54.6 Å². The Morgan fingerprint density at radius 1 is 0.958 bits per heavy atom. The number of aryl methyl sites for hydroxylation is 2. The second kappa shape index (κ2) is 9.50. The highest BCUT2D eigenvalue weighted by atomic mass is 16.5. The standard InChI is InChI=1S/C20H23NO3/c1-16-9-11-18(12-10-16)14-20(23)24-15-19(22)21-13-5-8-17-6-3-2-4-7-17/h2-4,6-7,9-12H,5,8,13-15H2,1H3,(H,21,22). The van der Waals surface area contributed by atoms with Gasteiger partial charge in [-0.25, -0.2) is 0 Å². The van der Waals surface area contributed by atoms with Crippen molar-refractivity contribution >= 4 is 11.9 Å². The molecule has 4 heteroatoms. The van der Waals surface area contributed by atoms with E-state index in [-0.39, 0.29) is 18.9 Å². The van der Waals surface area contributed by atoms with Crippen molar-refractivity contribution in [1.29, 1.82) is 0 Å². The van der Waals surface area contributed by atoms with Gasteiger partial charge in [-0.15, -0.1) is 0 Å². The highest BCUT2D eigenvalue weighted by Crippen LogP contribution is 2.05. The number of nitrogens with one attached hydrogen (secondary N) is 1. The van der Waals surface area contributed by atoms with Crippen molar-refractivity contribution in [2.24, 2.45) is 0 Å². The van der Waals surface area contributed by atoms with Crippen LogP contribution in [0.1, 0.15) is 23.1 Å². The Morgan fingerprint density at radius 2 is 1.67 bits per heavy atom. The van der Waals surface area contributed by atoms with Gasteiger partial charge in [0, 0.05) is 6.54 Å². The van der Waals surface area contributed by atoms with Crippen molar-refractivity contribution in [2.45, 2.75) is 26.2 Å². The summed E-state index contributed by atoms with van der Waals surface area (Å²) < 4.78 is 5.00. The van der Waals surface area contributed by atoms with E-state index in [1.807, 2.05) is 49.4 Å². The lowest BCUT2D eigenvalue weighted by molar-refractivity contribution is -0.147. The molecule has 1 N–H and O–H groups in total. The number of carbonyl (C=O) groups is 2. The molecule has 2 rings (SSSR count). The second-order valence-electron chi connectivity index (χ2n) is 5.76. The SMILES string of the molecule is Cc1ccc(CC(=O)OCC(=O)NCCCc2ccccc2)cc1. The van der Waals surface area contributed by atoms with Crippen LogP contribution in [0.4, 0.5) is 0 Å². The molecule has 0 spiro atoms. The minimum Gasteiger partial charge on any atom is -0.455 e. The van der Waals surface area contributed by atoms with E-state index in [1.165, 1.54) is 5.56 Å². The molecule has 0 bridgehead atoms. The van der Waals surface area contributed by atoms with Crippen molar-refractivity contribution in [1.82, 2.24) is 5.32 Å². The molecule has 126 valence electrons. The molecule has 0 atom stereocenters. The summed E-state index contributed by atoms with van der Waals surface area (Å²) in [4.78, 5) is 23.4. The van der Waals surface area contributed by atoms with Gasteiger partial charge in [-0.3, -0.25) is 9.59 Å². The molecule has 4 nitrogen and oxygen atoms in total. The third-order valence-electron chi connectivity index (χ3n) is 3.64. The average Bonchev–Trinajstić information content (AvgIpc) is 2.60. The summed E-state index contributed by atoms with van der Waals surface area (Å²) in [7, 11) is 0. The first-order valence-electron chi connectivity index (χ1n) is 8.15. The van der Waals surface area contributed by atoms with E-state index < -0.39 is 5.97 Å². The zero-order valence-corrected chi connectivity index (χ0v) is 14.0. The van der Waals surface area contributed by atoms with Crippen molar-refractivity contribution in [2.75, 3.05) is 13.2 Å². The molecule has 24 heavy (non-hydrogen) atoms. The predicted molar refractivity (Wildman–Crippen MR) is 93.6 cm³/mol. The number of carbonyl (C=O) groups excluding carboxylic acids is 2. The Hall–Kier alpha value is -2.62. The van der Waals surface area contributed by atoms with Crippen LogP contribution in [0, 0.1) is 6.92 Å². The molecule has 0 aromatic heterocycles. The molecule has 1 amide bonds. The molecule has 0 radical (unpaired) electrons. The van der Waals surface area contributed by atoms with E-state index in [9.17, 15) is 9.59 Å². The first kappa shape index (κ1) is 17.7. The highest BCUT2D eigenvalue weighted by molar-refractivity contribution is 5.81. The Bertz CT molecular complexity index is 650. The topological polar surface area (TPSA) is 55.4 Å². The minimum atomic E-state index is -0.390. The molecule has 0 aliphatic carbocycles. The van der Waals surface area contributed by atoms with Gasteiger partial charge in [-0.05, 0) is 30.9 Å². The maximum Gasteiger partial charge on any atom is 0.310 e. The molecule has 0 unspecified atom stereocenters. The molecule has 2 aromatic carbocycles.